The van der Waals surface area contributed by atoms with Crippen LogP contribution in [0.3, 0.4) is 0 Å². The summed E-state index contributed by atoms with van der Waals surface area (Å²) in [6, 6.07) is 0. The molecule has 0 amide bonds. The number of rotatable bonds is 2. The molecule has 0 fully saturated rings. The summed E-state index contributed by atoms with van der Waals surface area (Å²) in [5.74, 6) is 0. The van der Waals surface area contributed by atoms with Gasteiger partial charge >= 0.3 is 37.3 Å². The van der Waals surface area contributed by atoms with E-state index in [9.17, 15) is 0 Å². The quantitative estimate of drug-likeness (QED) is 0.265. The predicted molar refractivity (Wildman–Crippen MR) is 91.6 cm³/mol. The zero-order valence-electron chi connectivity index (χ0n) is 11.9. The Labute approximate surface area is 143 Å². The molecule has 11 heteroatoms. The van der Waals surface area contributed by atoms with E-state index in [1.807, 2.05) is 0 Å². The summed E-state index contributed by atoms with van der Waals surface area (Å²) >= 11 is 7.21. The van der Waals surface area contributed by atoms with Gasteiger partial charge in [-0.15, -0.1) is 0 Å². The molecule has 0 unspecified atom stereocenters. The summed E-state index contributed by atoms with van der Waals surface area (Å²) in [5.41, 5.74) is 0. The Morgan fingerprint density at radius 3 is 0.632 bits per heavy atom. The number of unbranched alkanes of at least 4 members (excludes halogenated alkanes) is 2. The van der Waals surface area contributed by atoms with Crippen LogP contribution in [0.2, 0.25) is 0 Å². The first-order valence-electron chi connectivity index (χ1n) is 5.39. The van der Waals surface area contributed by atoms with Gasteiger partial charge in [-0.1, -0.05) is 53.4 Å². The zero-order chi connectivity index (χ0) is 15.8. The summed E-state index contributed by atoms with van der Waals surface area (Å²) in [6.07, 6.45) is 5.28. The van der Waals surface area contributed by atoms with Crippen molar-refractivity contribution in [3.8, 4) is 0 Å². The maximum absolute atomic E-state index is 7.56. The van der Waals surface area contributed by atoms with Crippen LogP contribution in [0.4, 0.5) is 0 Å². The Kier molecular flexibility index (Phi) is 38.1. The van der Waals surface area contributed by atoms with Crippen molar-refractivity contribution in [2.75, 3.05) is 0 Å². The van der Waals surface area contributed by atoms with Crippen LogP contribution >= 0.6 is 13.4 Å². The monoisotopic (exact) mass is 466 g/mol. The van der Waals surface area contributed by atoms with E-state index in [0.29, 0.717) is 0 Å². The van der Waals surface area contributed by atoms with Crippen molar-refractivity contribution in [3.05, 3.63) is 0 Å². The van der Waals surface area contributed by atoms with Crippen molar-refractivity contribution in [2.45, 2.75) is 53.4 Å². The summed E-state index contributed by atoms with van der Waals surface area (Å²) in [5, 5.41) is 0. The molecule has 0 aromatic carbocycles. The molecule has 0 rings (SSSR count). The van der Waals surface area contributed by atoms with Crippen LogP contribution < -0.4 is 0 Å². The van der Waals surface area contributed by atoms with Crippen LogP contribution in [0.1, 0.15) is 53.4 Å². The van der Waals surface area contributed by atoms with Crippen molar-refractivity contribution < 1.29 is 29.4 Å². The predicted octanol–water partition coefficient (Wildman–Crippen LogP) is 1.07. The van der Waals surface area contributed by atoms with E-state index < -0.39 is 13.4 Å². The van der Waals surface area contributed by atoms with E-state index >= 15 is 0 Å². The van der Waals surface area contributed by atoms with Gasteiger partial charge in [-0.3, -0.25) is 0 Å². The fourth-order valence-corrected chi connectivity index (χ4v) is 0. The van der Waals surface area contributed by atoms with Crippen molar-refractivity contribution in [1.82, 2.24) is 0 Å². The second kappa shape index (κ2) is 22.1. The Morgan fingerprint density at radius 2 is 0.632 bits per heavy atom. The summed E-state index contributed by atoms with van der Waals surface area (Å²) in [7, 11) is 0. The van der Waals surface area contributed by atoms with Crippen molar-refractivity contribution >= 4 is 61.0 Å². The summed E-state index contributed by atoms with van der Waals surface area (Å²) < 4.78 is 0. The van der Waals surface area contributed by atoms with E-state index in [-0.39, 0.29) is 23.9 Å². The molecule has 0 heterocycles. The Hall–Kier alpha value is 1.86. The molecule has 19 heavy (non-hydrogen) atoms. The first-order chi connectivity index (χ1) is 7.83. The standard InChI is InChI=1S/2C4H10.2H3O3PS.Sn.2H/c2*1-3-4-2;2*1-4(2,3)5;;;/h2*3-4H2,1-2H3;2*(H3,1,2,3,5);;;. The SMILES string of the molecule is CCCC.CCCC.OP(O)(O)=S.OP(O)(O)=S.[SnH2]. The second-order valence-electron chi connectivity index (χ2n) is 3.03. The van der Waals surface area contributed by atoms with Crippen molar-refractivity contribution in [1.29, 1.82) is 0 Å². The normalized spacial score (nSPS) is 9.37. The van der Waals surface area contributed by atoms with Crippen LogP contribution in [-0.4, -0.2) is 53.3 Å². The van der Waals surface area contributed by atoms with E-state index in [1.165, 1.54) is 25.7 Å². The molecular weight excluding hydrogens is 437 g/mol. The molecule has 0 aliphatic heterocycles. The Morgan fingerprint density at radius 1 is 0.579 bits per heavy atom. The van der Waals surface area contributed by atoms with Gasteiger partial charge in [-0.05, 0) is 23.6 Å². The van der Waals surface area contributed by atoms with Crippen LogP contribution in [0.5, 0.6) is 0 Å². The van der Waals surface area contributed by atoms with Gasteiger partial charge in [0.2, 0.25) is 0 Å². The van der Waals surface area contributed by atoms with Crippen LogP contribution in [0, 0.1) is 0 Å². The van der Waals surface area contributed by atoms with Gasteiger partial charge in [-0.25, -0.2) is 0 Å². The Balaban J connectivity index is -0.0000000453. The fraction of sp³-hybridized carbons (Fsp3) is 1.00. The van der Waals surface area contributed by atoms with E-state index in [0.717, 1.165) is 0 Å². The van der Waals surface area contributed by atoms with Crippen LogP contribution in [0.25, 0.3) is 0 Å². The molecule has 0 spiro atoms. The molecule has 0 aromatic heterocycles. The second-order valence-corrected chi connectivity index (χ2v) is 8.02. The van der Waals surface area contributed by atoms with Crippen molar-refractivity contribution in [3.63, 3.8) is 0 Å². The third-order valence-electron chi connectivity index (χ3n) is 1.000. The van der Waals surface area contributed by atoms with Gasteiger partial charge in [0.15, 0.2) is 0 Å². The van der Waals surface area contributed by atoms with E-state index in [4.69, 9.17) is 29.4 Å². The van der Waals surface area contributed by atoms with Gasteiger partial charge < -0.3 is 29.4 Å². The molecule has 0 bridgehead atoms. The van der Waals surface area contributed by atoms with Crippen LogP contribution in [0.15, 0.2) is 0 Å². The average molecular weight is 465 g/mol. The average Bonchev–Trinajstić information content (AvgIpc) is 2.12. The minimum atomic E-state index is -3.81. The maximum atomic E-state index is 7.56. The molecule has 0 aliphatic rings. The summed E-state index contributed by atoms with van der Waals surface area (Å²) in [6.45, 7) is 1.11. The fourth-order valence-electron chi connectivity index (χ4n) is 0. The topological polar surface area (TPSA) is 121 Å². The molecule has 6 nitrogen and oxygen atoms in total. The molecule has 0 aromatic rings. The third kappa shape index (κ3) is 425. The molecule has 2 radical (unpaired) electrons. The molecule has 0 saturated heterocycles. The molecule has 122 valence electrons. The van der Waals surface area contributed by atoms with Gasteiger partial charge in [0.25, 0.3) is 0 Å². The first kappa shape index (κ1) is 32.7. The van der Waals surface area contributed by atoms with Gasteiger partial charge in [0, 0.05) is 0 Å². The zero-order valence-corrected chi connectivity index (χ0v) is 19.4. The van der Waals surface area contributed by atoms with Crippen molar-refractivity contribution in [2.24, 2.45) is 0 Å². The summed E-state index contributed by atoms with van der Waals surface area (Å²) in [4.78, 5) is 45.3. The molecule has 6 N–H and O–H groups in total. The van der Waals surface area contributed by atoms with Gasteiger partial charge in [0.1, 0.15) is 0 Å². The minimum absolute atomic E-state index is 0. The number of hydrogen-bond donors (Lipinski definition) is 6. The Bertz CT molecular complexity index is 189. The molecular formula is C8H28O6P2S2Sn. The van der Waals surface area contributed by atoms with E-state index in [1.54, 1.807) is 0 Å². The molecule has 0 saturated carbocycles. The molecule has 0 atom stereocenters. The first-order valence-corrected chi connectivity index (χ1v) is 10.7. The van der Waals surface area contributed by atoms with E-state index in [2.05, 4.69) is 51.3 Å². The number of hydrogen-bond acceptors (Lipinski definition) is 2. The molecule has 0 aliphatic carbocycles. The third-order valence-corrected chi connectivity index (χ3v) is 1.000. The van der Waals surface area contributed by atoms with Crippen LogP contribution in [-0.2, 0) is 23.6 Å². The van der Waals surface area contributed by atoms with Gasteiger partial charge in [-0.2, -0.15) is 0 Å². The van der Waals surface area contributed by atoms with Gasteiger partial charge in [0.05, 0.1) is 0 Å².